The maximum Gasteiger partial charge on any atom is 0.211 e. The summed E-state index contributed by atoms with van der Waals surface area (Å²) >= 11 is 3.31. The molecule has 0 aliphatic heterocycles. The molecule has 0 amide bonds. The van der Waals surface area contributed by atoms with Gasteiger partial charge in [0.2, 0.25) is 5.89 Å². The van der Waals surface area contributed by atoms with Gasteiger partial charge in [-0.15, -0.1) is 0 Å². The molecule has 2 rings (SSSR count). The van der Waals surface area contributed by atoms with Crippen molar-refractivity contribution in [3.05, 3.63) is 40.6 Å². The van der Waals surface area contributed by atoms with Crippen molar-refractivity contribution < 1.29 is 8.81 Å². The summed E-state index contributed by atoms with van der Waals surface area (Å²) in [6, 6.07) is 4.74. The third-order valence-corrected chi connectivity index (χ3v) is 3.09. The van der Waals surface area contributed by atoms with E-state index in [9.17, 15) is 4.39 Å². The minimum atomic E-state index is -0.322. The van der Waals surface area contributed by atoms with Gasteiger partial charge in [0, 0.05) is 4.47 Å². The zero-order chi connectivity index (χ0) is 13.1. The van der Waals surface area contributed by atoms with Crippen molar-refractivity contribution in [2.45, 2.75) is 19.9 Å². The van der Waals surface area contributed by atoms with Gasteiger partial charge in [-0.1, -0.05) is 22.9 Å². The molecule has 1 unspecified atom stereocenters. The quantitative estimate of drug-likeness (QED) is 0.930. The Kier molecular flexibility index (Phi) is 4.14. The van der Waals surface area contributed by atoms with Gasteiger partial charge in [0.15, 0.2) is 5.76 Å². The Hall–Kier alpha value is -1.20. The minimum Gasteiger partial charge on any atom is -0.439 e. The molecule has 1 aromatic carbocycles. The minimum absolute atomic E-state index is 0.0129. The molecular formula is C13H14BrFN2O. The molecule has 0 aliphatic carbocycles. The molecule has 2 aromatic rings. The van der Waals surface area contributed by atoms with Gasteiger partial charge in [-0.3, -0.25) is 0 Å². The summed E-state index contributed by atoms with van der Waals surface area (Å²) in [5.74, 6) is 0.678. The molecule has 1 N–H and O–H groups in total. The molecule has 18 heavy (non-hydrogen) atoms. The maximum absolute atomic E-state index is 13.7. The number of nitrogens with zero attached hydrogens (tertiary/aromatic N) is 1. The Morgan fingerprint density at radius 1 is 1.50 bits per heavy atom. The lowest BCUT2D eigenvalue weighted by atomic mass is 10.2. The Labute approximate surface area is 114 Å². The number of aromatic nitrogens is 1. The van der Waals surface area contributed by atoms with Crippen molar-refractivity contribution in [2.24, 2.45) is 0 Å². The van der Waals surface area contributed by atoms with Gasteiger partial charge in [-0.25, -0.2) is 9.37 Å². The highest BCUT2D eigenvalue weighted by Crippen LogP contribution is 2.28. The Morgan fingerprint density at radius 2 is 2.28 bits per heavy atom. The molecular weight excluding hydrogens is 299 g/mol. The lowest BCUT2D eigenvalue weighted by molar-refractivity contribution is 0.427. The van der Waals surface area contributed by atoms with Gasteiger partial charge in [0.05, 0.1) is 17.8 Å². The highest BCUT2D eigenvalue weighted by atomic mass is 79.9. The second-order valence-electron chi connectivity index (χ2n) is 3.97. The Bertz CT molecular complexity index is 542. The highest BCUT2D eigenvalue weighted by molar-refractivity contribution is 9.10. The summed E-state index contributed by atoms with van der Waals surface area (Å²) in [4.78, 5) is 4.17. The topological polar surface area (TPSA) is 38.1 Å². The summed E-state index contributed by atoms with van der Waals surface area (Å²) in [6.45, 7) is 4.79. The number of benzene rings is 1. The molecule has 0 bridgehead atoms. The third kappa shape index (κ3) is 2.79. The van der Waals surface area contributed by atoms with E-state index in [2.05, 4.69) is 26.2 Å². The predicted octanol–water partition coefficient (Wildman–Crippen LogP) is 3.91. The van der Waals surface area contributed by atoms with Crippen molar-refractivity contribution in [3.63, 3.8) is 0 Å². The van der Waals surface area contributed by atoms with Crippen LogP contribution >= 0.6 is 15.9 Å². The number of rotatable bonds is 4. The van der Waals surface area contributed by atoms with Crippen LogP contribution in [0.5, 0.6) is 0 Å². The summed E-state index contributed by atoms with van der Waals surface area (Å²) in [5.41, 5.74) is 0.409. The molecule has 0 aliphatic rings. The van der Waals surface area contributed by atoms with Crippen LogP contribution in [0.1, 0.15) is 25.8 Å². The second kappa shape index (κ2) is 5.63. The first-order valence-corrected chi connectivity index (χ1v) is 6.55. The van der Waals surface area contributed by atoms with Crippen molar-refractivity contribution in [1.29, 1.82) is 0 Å². The Morgan fingerprint density at radius 3 is 3.00 bits per heavy atom. The maximum atomic E-state index is 13.7. The smallest absolute Gasteiger partial charge is 0.211 e. The van der Waals surface area contributed by atoms with E-state index in [1.54, 1.807) is 18.3 Å². The van der Waals surface area contributed by atoms with Gasteiger partial charge < -0.3 is 9.73 Å². The van der Waals surface area contributed by atoms with Crippen LogP contribution < -0.4 is 5.32 Å². The molecule has 1 aromatic heterocycles. The zero-order valence-electron chi connectivity index (χ0n) is 10.2. The normalized spacial score (nSPS) is 12.7. The van der Waals surface area contributed by atoms with Gasteiger partial charge in [0.1, 0.15) is 5.82 Å². The highest BCUT2D eigenvalue weighted by Gasteiger charge is 2.14. The van der Waals surface area contributed by atoms with Crippen LogP contribution in [0.3, 0.4) is 0 Å². The number of oxazole rings is 1. The lowest BCUT2D eigenvalue weighted by Crippen LogP contribution is -2.17. The van der Waals surface area contributed by atoms with Crippen LogP contribution in [0, 0.1) is 5.82 Å². The van der Waals surface area contributed by atoms with Crippen LogP contribution in [-0.2, 0) is 0 Å². The summed E-state index contributed by atoms with van der Waals surface area (Å²) in [6.07, 6.45) is 1.55. The van der Waals surface area contributed by atoms with E-state index in [4.69, 9.17) is 4.42 Å². The first kappa shape index (κ1) is 13.2. The molecule has 3 nitrogen and oxygen atoms in total. The molecule has 0 radical (unpaired) electrons. The van der Waals surface area contributed by atoms with Crippen LogP contribution in [-0.4, -0.2) is 11.5 Å². The van der Waals surface area contributed by atoms with Crippen LogP contribution in [0.25, 0.3) is 11.3 Å². The van der Waals surface area contributed by atoms with Crippen molar-refractivity contribution in [1.82, 2.24) is 10.3 Å². The third-order valence-electron chi connectivity index (χ3n) is 2.60. The van der Waals surface area contributed by atoms with E-state index >= 15 is 0 Å². The van der Waals surface area contributed by atoms with Crippen molar-refractivity contribution in [3.8, 4) is 11.3 Å². The molecule has 1 atom stereocenters. The van der Waals surface area contributed by atoms with Crippen molar-refractivity contribution in [2.75, 3.05) is 6.54 Å². The summed E-state index contributed by atoms with van der Waals surface area (Å²) in [7, 11) is 0. The fourth-order valence-electron chi connectivity index (χ4n) is 1.69. The summed E-state index contributed by atoms with van der Waals surface area (Å²) in [5, 5.41) is 3.19. The number of nitrogens with one attached hydrogen (secondary N) is 1. The van der Waals surface area contributed by atoms with Gasteiger partial charge in [0.25, 0.3) is 0 Å². The number of hydrogen-bond acceptors (Lipinski definition) is 3. The first-order chi connectivity index (χ1) is 8.61. The molecule has 1 heterocycles. The largest absolute Gasteiger partial charge is 0.439 e. The number of halogens is 2. The summed E-state index contributed by atoms with van der Waals surface area (Å²) < 4.78 is 20.1. The standard InChI is InChI=1S/C13H14BrFN2O/c1-3-16-8(2)13-17-7-12(18-13)10-6-9(14)4-5-11(10)15/h4-8,16H,3H2,1-2H3. The number of hydrogen-bond donors (Lipinski definition) is 1. The van der Waals surface area contributed by atoms with E-state index in [0.29, 0.717) is 17.2 Å². The van der Waals surface area contributed by atoms with Gasteiger partial charge in [-0.2, -0.15) is 0 Å². The van der Waals surface area contributed by atoms with Crippen LogP contribution in [0.15, 0.2) is 33.3 Å². The molecule has 0 fully saturated rings. The van der Waals surface area contributed by atoms with E-state index in [-0.39, 0.29) is 11.9 Å². The van der Waals surface area contributed by atoms with Crippen LogP contribution in [0.2, 0.25) is 0 Å². The van der Waals surface area contributed by atoms with Crippen molar-refractivity contribution >= 4 is 15.9 Å². The molecule has 96 valence electrons. The fourth-order valence-corrected chi connectivity index (χ4v) is 2.05. The average Bonchev–Trinajstić information content (AvgIpc) is 2.82. The van der Waals surface area contributed by atoms with Gasteiger partial charge >= 0.3 is 0 Å². The SMILES string of the molecule is CCNC(C)c1ncc(-c2cc(Br)ccc2F)o1. The molecule has 5 heteroatoms. The first-order valence-electron chi connectivity index (χ1n) is 5.76. The molecule has 0 spiro atoms. The van der Waals surface area contributed by atoms with Gasteiger partial charge in [-0.05, 0) is 31.7 Å². The predicted molar refractivity (Wildman–Crippen MR) is 71.7 cm³/mol. The Balaban J connectivity index is 2.32. The van der Waals surface area contributed by atoms with E-state index < -0.39 is 0 Å². The zero-order valence-corrected chi connectivity index (χ0v) is 11.8. The molecule has 0 saturated carbocycles. The lowest BCUT2D eigenvalue weighted by Gasteiger charge is -2.07. The van der Waals surface area contributed by atoms with E-state index in [1.807, 2.05) is 13.8 Å². The fraction of sp³-hybridized carbons (Fsp3) is 0.308. The monoisotopic (exact) mass is 312 g/mol. The van der Waals surface area contributed by atoms with E-state index in [0.717, 1.165) is 11.0 Å². The average molecular weight is 313 g/mol. The van der Waals surface area contributed by atoms with E-state index in [1.165, 1.54) is 6.07 Å². The van der Waals surface area contributed by atoms with Crippen LogP contribution in [0.4, 0.5) is 4.39 Å². The molecule has 0 saturated heterocycles. The second-order valence-corrected chi connectivity index (χ2v) is 4.88.